The van der Waals surface area contributed by atoms with E-state index in [4.69, 9.17) is 16.0 Å². The monoisotopic (exact) mass is 272 g/mol. The number of nitrogens with one attached hydrogen (secondary N) is 1. The molecule has 1 atom stereocenters. The van der Waals surface area contributed by atoms with Crippen LogP contribution in [0.5, 0.6) is 0 Å². The maximum Gasteiger partial charge on any atom is 0.125 e. The molecular formula is C15H13ClN2O. The summed E-state index contributed by atoms with van der Waals surface area (Å²) in [6.45, 7) is 2.06. The molecule has 0 aliphatic carbocycles. The van der Waals surface area contributed by atoms with Gasteiger partial charge in [0.15, 0.2) is 0 Å². The highest BCUT2D eigenvalue weighted by atomic mass is 35.5. The van der Waals surface area contributed by atoms with Crippen LogP contribution in [-0.4, -0.2) is 4.98 Å². The minimum atomic E-state index is 0.0938. The standard InChI is InChI=1S/C15H13ClN2O/c1-10(15-3-2-8-19-15)18-13-6-7-17-14-9-11(16)4-5-12(13)14/h2-10H,1H3,(H,17,18). The van der Waals surface area contributed by atoms with Crippen molar-refractivity contribution in [1.29, 1.82) is 0 Å². The molecule has 0 radical (unpaired) electrons. The zero-order chi connectivity index (χ0) is 13.2. The lowest BCUT2D eigenvalue weighted by atomic mass is 10.1. The summed E-state index contributed by atoms with van der Waals surface area (Å²) >= 11 is 5.98. The number of hydrogen-bond acceptors (Lipinski definition) is 3. The second-order valence-corrected chi connectivity index (χ2v) is 4.84. The van der Waals surface area contributed by atoms with E-state index in [9.17, 15) is 0 Å². The smallest absolute Gasteiger partial charge is 0.125 e. The lowest BCUT2D eigenvalue weighted by Gasteiger charge is -2.14. The lowest BCUT2D eigenvalue weighted by Crippen LogP contribution is -2.06. The summed E-state index contributed by atoms with van der Waals surface area (Å²) < 4.78 is 5.40. The van der Waals surface area contributed by atoms with Crippen LogP contribution in [-0.2, 0) is 0 Å². The van der Waals surface area contributed by atoms with E-state index in [0.29, 0.717) is 5.02 Å². The molecule has 0 saturated heterocycles. The second kappa shape index (κ2) is 4.94. The number of benzene rings is 1. The van der Waals surface area contributed by atoms with Crippen molar-refractivity contribution < 1.29 is 4.42 Å². The molecule has 1 N–H and O–H groups in total. The summed E-state index contributed by atoms with van der Waals surface area (Å²) in [7, 11) is 0. The van der Waals surface area contributed by atoms with E-state index in [1.807, 2.05) is 36.4 Å². The zero-order valence-electron chi connectivity index (χ0n) is 10.4. The molecule has 3 rings (SSSR count). The van der Waals surface area contributed by atoms with Crippen LogP contribution in [0.15, 0.2) is 53.3 Å². The van der Waals surface area contributed by atoms with Crippen LogP contribution in [0.2, 0.25) is 5.02 Å². The van der Waals surface area contributed by atoms with Gasteiger partial charge in [-0.25, -0.2) is 0 Å². The maximum absolute atomic E-state index is 5.98. The van der Waals surface area contributed by atoms with Gasteiger partial charge in [-0.05, 0) is 43.3 Å². The zero-order valence-corrected chi connectivity index (χ0v) is 11.2. The highest BCUT2D eigenvalue weighted by Crippen LogP contribution is 2.27. The van der Waals surface area contributed by atoms with Crippen LogP contribution in [0, 0.1) is 0 Å². The number of fused-ring (bicyclic) bond motifs is 1. The van der Waals surface area contributed by atoms with E-state index in [2.05, 4.69) is 17.2 Å². The Kier molecular flexibility index (Phi) is 3.13. The lowest BCUT2D eigenvalue weighted by molar-refractivity contribution is 0.491. The first-order valence-electron chi connectivity index (χ1n) is 6.08. The fourth-order valence-electron chi connectivity index (χ4n) is 2.09. The molecule has 2 aromatic heterocycles. The van der Waals surface area contributed by atoms with Crippen molar-refractivity contribution in [3.05, 3.63) is 59.6 Å². The van der Waals surface area contributed by atoms with Gasteiger partial charge in [0, 0.05) is 22.3 Å². The first kappa shape index (κ1) is 12.1. The highest BCUT2D eigenvalue weighted by molar-refractivity contribution is 6.31. The molecular weight excluding hydrogens is 260 g/mol. The van der Waals surface area contributed by atoms with Gasteiger partial charge in [-0.2, -0.15) is 0 Å². The Morgan fingerprint density at radius 2 is 2.16 bits per heavy atom. The van der Waals surface area contributed by atoms with Crippen LogP contribution in [0.3, 0.4) is 0 Å². The van der Waals surface area contributed by atoms with Gasteiger partial charge in [-0.1, -0.05) is 11.6 Å². The van der Waals surface area contributed by atoms with Gasteiger partial charge in [0.25, 0.3) is 0 Å². The molecule has 0 bridgehead atoms. The number of nitrogens with zero attached hydrogens (tertiary/aromatic N) is 1. The molecule has 3 nitrogen and oxygen atoms in total. The molecule has 0 fully saturated rings. The van der Waals surface area contributed by atoms with Crippen LogP contribution >= 0.6 is 11.6 Å². The molecule has 0 aliphatic heterocycles. The summed E-state index contributed by atoms with van der Waals surface area (Å²) in [5.41, 5.74) is 1.90. The van der Waals surface area contributed by atoms with Crippen LogP contribution in [0.1, 0.15) is 18.7 Å². The van der Waals surface area contributed by atoms with Crippen molar-refractivity contribution in [2.75, 3.05) is 5.32 Å². The van der Waals surface area contributed by atoms with E-state index in [-0.39, 0.29) is 6.04 Å². The number of pyridine rings is 1. The van der Waals surface area contributed by atoms with Crippen molar-refractivity contribution in [2.24, 2.45) is 0 Å². The first-order valence-corrected chi connectivity index (χ1v) is 6.46. The van der Waals surface area contributed by atoms with Gasteiger partial charge in [0.2, 0.25) is 0 Å². The van der Waals surface area contributed by atoms with E-state index in [1.54, 1.807) is 12.5 Å². The quantitative estimate of drug-likeness (QED) is 0.754. The molecule has 0 spiro atoms. The molecule has 2 heterocycles. The third-order valence-electron chi connectivity index (χ3n) is 3.05. The molecule has 3 aromatic rings. The topological polar surface area (TPSA) is 38.1 Å². The van der Waals surface area contributed by atoms with Crippen molar-refractivity contribution in [3.8, 4) is 0 Å². The predicted octanol–water partition coefficient (Wildman–Crippen LogP) is 4.65. The molecule has 19 heavy (non-hydrogen) atoms. The number of rotatable bonds is 3. The molecule has 0 aliphatic rings. The molecule has 1 aromatic carbocycles. The third-order valence-corrected chi connectivity index (χ3v) is 3.28. The fraction of sp³-hybridized carbons (Fsp3) is 0.133. The SMILES string of the molecule is CC(Nc1ccnc2cc(Cl)ccc12)c1ccco1. The van der Waals surface area contributed by atoms with Gasteiger partial charge < -0.3 is 9.73 Å². The average Bonchev–Trinajstić information content (AvgIpc) is 2.92. The minimum absolute atomic E-state index is 0.0938. The normalized spacial score (nSPS) is 12.5. The second-order valence-electron chi connectivity index (χ2n) is 4.40. The Labute approximate surface area is 116 Å². The number of halogens is 1. The largest absolute Gasteiger partial charge is 0.467 e. The van der Waals surface area contributed by atoms with Crippen LogP contribution in [0.25, 0.3) is 10.9 Å². The van der Waals surface area contributed by atoms with E-state index in [1.165, 1.54) is 0 Å². The molecule has 4 heteroatoms. The number of furan rings is 1. The Hall–Kier alpha value is -2.00. The highest BCUT2D eigenvalue weighted by Gasteiger charge is 2.10. The summed E-state index contributed by atoms with van der Waals surface area (Å²) in [5.74, 6) is 0.902. The maximum atomic E-state index is 5.98. The average molecular weight is 273 g/mol. The summed E-state index contributed by atoms with van der Waals surface area (Å²) in [6, 6.07) is 11.6. The summed E-state index contributed by atoms with van der Waals surface area (Å²) in [5, 5.41) is 5.17. The Bertz CT molecular complexity index is 694. The molecule has 0 amide bonds. The molecule has 96 valence electrons. The van der Waals surface area contributed by atoms with Gasteiger partial charge in [-0.3, -0.25) is 4.98 Å². The van der Waals surface area contributed by atoms with Gasteiger partial charge in [0.05, 0.1) is 17.8 Å². The number of anilines is 1. The number of hydrogen-bond donors (Lipinski definition) is 1. The van der Waals surface area contributed by atoms with Crippen molar-refractivity contribution >= 4 is 28.2 Å². The van der Waals surface area contributed by atoms with Crippen LogP contribution < -0.4 is 5.32 Å². The third kappa shape index (κ3) is 2.42. The predicted molar refractivity (Wildman–Crippen MR) is 77.5 cm³/mol. The van der Waals surface area contributed by atoms with E-state index >= 15 is 0 Å². The van der Waals surface area contributed by atoms with Crippen molar-refractivity contribution in [1.82, 2.24) is 4.98 Å². The Balaban J connectivity index is 1.97. The Morgan fingerprint density at radius 3 is 2.95 bits per heavy atom. The fourth-order valence-corrected chi connectivity index (χ4v) is 2.26. The van der Waals surface area contributed by atoms with Crippen LogP contribution in [0.4, 0.5) is 5.69 Å². The van der Waals surface area contributed by atoms with E-state index < -0.39 is 0 Å². The molecule has 1 unspecified atom stereocenters. The van der Waals surface area contributed by atoms with Crippen molar-refractivity contribution in [2.45, 2.75) is 13.0 Å². The molecule has 0 saturated carbocycles. The summed E-state index contributed by atoms with van der Waals surface area (Å²) in [6.07, 6.45) is 3.45. The van der Waals surface area contributed by atoms with Gasteiger partial charge in [-0.15, -0.1) is 0 Å². The first-order chi connectivity index (χ1) is 9.24. The minimum Gasteiger partial charge on any atom is -0.467 e. The van der Waals surface area contributed by atoms with Gasteiger partial charge in [0.1, 0.15) is 5.76 Å². The van der Waals surface area contributed by atoms with E-state index in [0.717, 1.165) is 22.4 Å². The van der Waals surface area contributed by atoms with Crippen molar-refractivity contribution in [3.63, 3.8) is 0 Å². The number of aromatic nitrogens is 1. The van der Waals surface area contributed by atoms with Gasteiger partial charge >= 0.3 is 0 Å². The Morgan fingerprint density at radius 1 is 1.26 bits per heavy atom. The summed E-state index contributed by atoms with van der Waals surface area (Å²) in [4.78, 5) is 4.32.